The van der Waals surface area contributed by atoms with Crippen LogP contribution in [0.4, 0.5) is 4.79 Å². The molecule has 2 atom stereocenters. The lowest BCUT2D eigenvalue weighted by molar-refractivity contribution is -0.144. The molecule has 7 nitrogen and oxygen atoms in total. The molecule has 0 aliphatic carbocycles. The zero-order chi connectivity index (χ0) is 18.2. The van der Waals surface area contributed by atoms with E-state index in [4.69, 9.17) is 4.74 Å². The van der Waals surface area contributed by atoms with Gasteiger partial charge >= 0.3 is 12.1 Å². The monoisotopic (exact) mass is 348 g/mol. The molecule has 0 saturated heterocycles. The maximum absolute atomic E-state index is 12.3. The molecule has 0 heterocycles. The molecular weight excluding hydrogens is 320 g/mol. The van der Waals surface area contributed by atoms with E-state index >= 15 is 0 Å². The highest BCUT2D eigenvalue weighted by Gasteiger charge is 2.28. The SMILES string of the molecule is COC(=O)[C@H](CS)NC(=O)[C@H](CC(C)C)NC(=O)OC(C)(C)C. The fourth-order valence-corrected chi connectivity index (χ4v) is 1.99. The molecule has 2 N–H and O–H groups in total. The number of methoxy groups -OCH3 is 1. The molecule has 0 aromatic heterocycles. The zero-order valence-electron chi connectivity index (χ0n) is 14.6. The van der Waals surface area contributed by atoms with Crippen molar-refractivity contribution in [2.75, 3.05) is 12.9 Å². The average Bonchev–Trinajstić information content (AvgIpc) is 2.40. The van der Waals surface area contributed by atoms with E-state index < -0.39 is 35.7 Å². The van der Waals surface area contributed by atoms with Crippen LogP contribution in [0.15, 0.2) is 0 Å². The number of nitrogens with one attached hydrogen (secondary N) is 2. The maximum atomic E-state index is 12.3. The molecule has 134 valence electrons. The van der Waals surface area contributed by atoms with Crippen LogP contribution in [0.5, 0.6) is 0 Å². The molecule has 23 heavy (non-hydrogen) atoms. The summed E-state index contributed by atoms with van der Waals surface area (Å²) in [5.41, 5.74) is -0.664. The molecule has 0 fully saturated rings. The first-order chi connectivity index (χ1) is 10.5. The Labute approximate surface area is 143 Å². The highest BCUT2D eigenvalue weighted by Crippen LogP contribution is 2.10. The first-order valence-corrected chi connectivity index (χ1v) is 8.12. The molecule has 0 aliphatic rings. The number of ether oxygens (including phenoxy) is 2. The van der Waals surface area contributed by atoms with Gasteiger partial charge in [-0.2, -0.15) is 12.6 Å². The number of carbonyl (C=O) groups is 3. The van der Waals surface area contributed by atoms with E-state index in [1.165, 1.54) is 7.11 Å². The van der Waals surface area contributed by atoms with Gasteiger partial charge in [0.05, 0.1) is 7.11 Å². The molecule has 0 aliphatic heterocycles. The molecule has 0 unspecified atom stereocenters. The third-order valence-corrected chi connectivity index (χ3v) is 3.06. The second kappa shape index (κ2) is 9.64. The minimum Gasteiger partial charge on any atom is -0.467 e. The quantitative estimate of drug-likeness (QED) is 0.479. The first-order valence-electron chi connectivity index (χ1n) is 7.48. The van der Waals surface area contributed by atoms with Crippen LogP contribution in [0.25, 0.3) is 0 Å². The summed E-state index contributed by atoms with van der Waals surface area (Å²) in [7, 11) is 1.23. The molecule has 0 bridgehead atoms. The number of hydrogen-bond acceptors (Lipinski definition) is 6. The molecular formula is C15H28N2O5S. The zero-order valence-corrected chi connectivity index (χ0v) is 15.5. The van der Waals surface area contributed by atoms with Gasteiger partial charge in [0.1, 0.15) is 17.7 Å². The van der Waals surface area contributed by atoms with Crippen molar-refractivity contribution in [1.82, 2.24) is 10.6 Å². The Balaban J connectivity index is 4.91. The molecule has 0 radical (unpaired) electrons. The molecule has 0 saturated carbocycles. The lowest BCUT2D eigenvalue weighted by Gasteiger charge is -2.25. The molecule has 0 aromatic carbocycles. The van der Waals surface area contributed by atoms with Crippen molar-refractivity contribution < 1.29 is 23.9 Å². The molecule has 2 amide bonds. The van der Waals surface area contributed by atoms with Crippen molar-refractivity contribution in [3.05, 3.63) is 0 Å². The minimum atomic E-state index is -0.870. The summed E-state index contributed by atoms with van der Waals surface area (Å²) in [6.07, 6.45) is -0.273. The number of carbonyl (C=O) groups excluding carboxylic acids is 3. The van der Waals surface area contributed by atoms with Crippen molar-refractivity contribution in [2.45, 2.75) is 58.7 Å². The summed E-state index contributed by atoms with van der Waals surface area (Å²) < 4.78 is 9.76. The van der Waals surface area contributed by atoms with E-state index in [0.29, 0.717) is 6.42 Å². The van der Waals surface area contributed by atoms with E-state index in [1.807, 2.05) is 13.8 Å². The summed E-state index contributed by atoms with van der Waals surface area (Å²) in [5, 5.41) is 5.07. The topological polar surface area (TPSA) is 93.7 Å². The van der Waals surface area contributed by atoms with E-state index in [0.717, 1.165) is 0 Å². The molecule has 8 heteroatoms. The van der Waals surface area contributed by atoms with Crippen molar-refractivity contribution in [1.29, 1.82) is 0 Å². The van der Waals surface area contributed by atoms with Gasteiger partial charge in [0.2, 0.25) is 5.91 Å². The van der Waals surface area contributed by atoms with Gasteiger partial charge in [-0.25, -0.2) is 9.59 Å². The lowest BCUT2D eigenvalue weighted by Crippen LogP contribution is -2.53. The van der Waals surface area contributed by atoms with Crippen LogP contribution in [0, 0.1) is 5.92 Å². The molecule has 0 aromatic rings. The average molecular weight is 348 g/mol. The largest absolute Gasteiger partial charge is 0.467 e. The standard InChI is InChI=1S/C15H28N2O5S/c1-9(2)7-10(17-14(20)22-15(3,4)5)12(18)16-11(8-23)13(19)21-6/h9-11,23H,7-8H2,1-6H3,(H,16,18)(H,17,20)/t10-,11-/m0/s1. The Bertz CT molecular complexity index is 421. The van der Waals surface area contributed by atoms with Crippen LogP contribution in [-0.4, -0.2) is 48.5 Å². The third-order valence-electron chi connectivity index (χ3n) is 2.70. The van der Waals surface area contributed by atoms with Gasteiger partial charge in [0, 0.05) is 5.75 Å². The van der Waals surface area contributed by atoms with Crippen molar-refractivity contribution in [3.8, 4) is 0 Å². The Morgan fingerprint density at radius 1 is 1.09 bits per heavy atom. The van der Waals surface area contributed by atoms with Gasteiger partial charge < -0.3 is 20.1 Å². The number of rotatable bonds is 7. The van der Waals surface area contributed by atoms with Gasteiger partial charge in [0.15, 0.2) is 0 Å². The van der Waals surface area contributed by atoms with E-state index in [-0.39, 0.29) is 11.7 Å². The predicted molar refractivity (Wildman–Crippen MR) is 90.4 cm³/mol. The van der Waals surface area contributed by atoms with Gasteiger partial charge in [-0.15, -0.1) is 0 Å². The maximum Gasteiger partial charge on any atom is 0.408 e. The van der Waals surface area contributed by atoms with Crippen LogP contribution < -0.4 is 10.6 Å². The number of hydrogen-bond donors (Lipinski definition) is 3. The van der Waals surface area contributed by atoms with Crippen LogP contribution >= 0.6 is 12.6 Å². The Morgan fingerprint density at radius 3 is 2.04 bits per heavy atom. The fourth-order valence-electron chi connectivity index (χ4n) is 1.75. The van der Waals surface area contributed by atoms with E-state index in [2.05, 4.69) is 28.0 Å². The second-order valence-corrected chi connectivity index (χ2v) is 6.96. The normalized spacial score (nSPS) is 13.9. The van der Waals surface area contributed by atoms with Crippen LogP contribution in [0.3, 0.4) is 0 Å². The Hall–Kier alpha value is -1.44. The highest BCUT2D eigenvalue weighted by atomic mass is 32.1. The van der Waals surface area contributed by atoms with Gasteiger partial charge in [0.25, 0.3) is 0 Å². The number of esters is 1. The molecule has 0 spiro atoms. The van der Waals surface area contributed by atoms with Crippen LogP contribution in [-0.2, 0) is 19.1 Å². The fraction of sp³-hybridized carbons (Fsp3) is 0.800. The Kier molecular flexibility index (Phi) is 9.04. The smallest absolute Gasteiger partial charge is 0.408 e. The third kappa shape index (κ3) is 9.32. The van der Waals surface area contributed by atoms with Crippen LogP contribution in [0.1, 0.15) is 41.0 Å². The first kappa shape index (κ1) is 21.6. The number of thiol groups is 1. The van der Waals surface area contributed by atoms with Crippen molar-refractivity contribution >= 4 is 30.6 Å². The van der Waals surface area contributed by atoms with Crippen molar-refractivity contribution in [2.24, 2.45) is 5.92 Å². The number of amides is 2. The predicted octanol–water partition coefficient (Wildman–Crippen LogP) is 1.51. The van der Waals surface area contributed by atoms with E-state index in [1.54, 1.807) is 20.8 Å². The Morgan fingerprint density at radius 2 is 1.65 bits per heavy atom. The number of alkyl carbamates (subject to hydrolysis) is 1. The second-order valence-electron chi connectivity index (χ2n) is 6.60. The van der Waals surface area contributed by atoms with E-state index in [9.17, 15) is 14.4 Å². The van der Waals surface area contributed by atoms with Crippen LogP contribution in [0.2, 0.25) is 0 Å². The van der Waals surface area contributed by atoms with Crippen molar-refractivity contribution in [3.63, 3.8) is 0 Å². The highest BCUT2D eigenvalue weighted by molar-refractivity contribution is 7.80. The van der Waals surface area contributed by atoms with Gasteiger partial charge in [-0.3, -0.25) is 4.79 Å². The summed E-state index contributed by atoms with van der Waals surface area (Å²) >= 11 is 4.02. The summed E-state index contributed by atoms with van der Waals surface area (Å²) in [4.78, 5) is 35.8. The van der Waals surface area contributed by atoms with Gasteiger partial charge in [-0.05, 0) is 33.1 Å². The summed E-state index contributed by atoms with van der Waals surface area (Å²) in [5.74, 6) is -0.810. The molecule has 0 rings (SSSR count). The minimum absolute atomic E-state index is 0.0965. The summed E-state index contributed by atoms with van der Waals surface area (Å²) in [6.45, 7) is 9.05. The lowest BCUT2D eigenvalue weighted by atomic mass is 10.0. The summed E-state index contributed by atoms with van der Waals surface area (Å²) in [6, 6.07) is -1.68. The van der Waals surface area contributed by atoms with Gasteiger partial charge in [-0.1, -0.05) is 13.8 Å².